The van der Waals surface area contributed by atoms with Crippen molar-refractivity contribution >= 4 is 11.6 Å². The van der Waals surface area contributed by atoms with Crippen LogP contribution in [0.2, 0.25) is 0 Å². The molecule has 0 fully saturated rings. The second kappa shape index (κ2) is 6.16. The molecule has 82 valence electrons. The van der Waals surface area contributed by atoms with E-state index in [1.54, 1.807) is 19.2 Å². The maximum absolute atomic E-state index is 11.4. The van der Waals surface area contributed by atoms with Crippen LogP contribution in [-0.2, 0) is 11.4 Å². The summed E-state index contributed by atoms with van der Waals surface area (Å²) in [6, 6.07) is 7.22. The van der Waals surface area contributed by atoms with Gasteiger partial charge in [-0.15, -0.1) is 0 Å². The molecule has 0 heterocycles. The van der Waals surface area contributed by atoms with Gasteiger partial charge in [0.15, 0.2) is 0 Å². The van der Waals surface area contributed by atoms with Crippen LogP contribution in [0.15, 0.2) is 24.3 Å². The molecule has 0 saturated heterocycles. The van der Waals surface area contributed by atoms with Crippen LogP contribution in [0.5, 0.6) is 0 Å². The third kappa shape index (κ3) is 3.69. The fourth-order valence-electron chi connectivity index (χ4n) is 1.23. The number of nitrogens with one attached hydrogen (secondary N) is 2. The van der Waals surface area contributed by atoms with Crippen molar-refractivity contribution in [2.24, 2.45) is 0 Å². The van der Waals surface area contributed by atoms with Crippen molar-refractivity contribution in [3.05, 3.63) is 29.8 Å². The van der Waals surface area contributed by atoms with E-state index in [-0.39, 0.29) is 12.5 Å². The van der Waals surface area contributed by atoms with E-state index in [0.717, 1.165) is 5.56 Å². The number of aliphatic hydroxyl groups excluding tert-OH is 1. The molecule has 0 aliphatic heterocycles. The van der Waals surface area contributed by atoms with Crippen LogP contribution in [0, 0.1) is 0 Å². The molecule has 0 bridgehead atoms. The molecular formula is C11H16N2O2. The molecule has 0 unspecified atom stereocenters. The highest BCUT2D eigenvalue weighted by molar-refractivity contribution is 5.91. The van der Waals surface area contributed by atoms with E-state index in [9.17, 15) is 4.79 Å². The molecule has 0 atom stereocenters. The van der Waals surface area contributed by atoms with Crippen molar-refractivity contribution in [1.82, 2.24) is 5.32 Å². The number of hydrogen-bond donors (Lipinski definition) is 3. The normalized spacial score (nSPS) is 10.0. The molecule has 0 aromatic heterocycles. The maximum atomic E-state index is 11.4. The van der Waals surface area contributed by atoms with Gasteiger partial charge < -0.3 is 15.7 Å². The molecule has 0 saturated carbocycles. The van der Waals surface area contributed by atoms with Crippen LogP contribution in [0.4, 0.5) is 5.69 Å². The van der Waals surface area contributed by atoms with E-state index in [2.05, 4.69) is 10.6 Å². The van der Waals surface area contributed by atoms with Gasteiger partial charge in [-0.25, -0.2) is 0 Å². The number of benzene rings is 1. The first-order valence-corrected chi connectivity index (χ1v) is 4.91. The highest BCUT2D eigenvalue weighted by Crippen LogP contribution is 2.14. The summed E-state index contributed by atoms with van der Waals surface area (Å²) < 4.78 is 0. The number of anilines is 1. The summed E-state index contributed by atoms with van der Waals surface area (Å²) in [5.41, 5.74) is 1.41. The smallest absolute Gasteiger partial charge is 0.225 e. The minimum absolute atomic E-state index is 0.0507. The van der Waals surface area contributed by atoms with Crippen LogP contribution in [-0.4, -0.2) is 24.6 Å². The van der Waals surface area contributed by atoms with Crippen LogP contribution < -0.4 is 10.6 Å². The number of rotatable bonds is 5. The van der Waals surface area contributed by atoms with Crippen LogP contribution in [0.1, 0.15) is 12.0 Å². The Morgan fingerprint density at radius 2 is 2.13 bits per heavy atom. The Kier molecular flexibility index (Phi) is 4.80. The molecular weight excluding hydrogens is 192 g/mol. The summed E-state index contributed by atoms with van der Waals surface area (Å²) >= 11 is 0. The van der Waals surface area contributed by atoms with Crippen molar-refractivity contribution in [3.8, 4) is 0 Å². The zero-order valence-electron chi connectivity index (χ0n) is 8.79. The summed E-state index contributed by atoms with van der Waals surface area (Å²) in [6.07, 6.45) is 0.427. The molecule has 1 rings (SSSR count). The van der Waals surface area contributed by atoms with Gasteiger partial charge in [0, 0.05) is 24.2 Å². The lowest BCUT2D eigenvalue weighted by atomic mass is 10.2. The third-order valence-electron chi connectivity index (χ3n) is 2.06. The molecule has 4 heteroatoms. The van der Waals surface area contributed by atoms with Gasteiger partial charge in [0.2, 0.25) is 5.91 Å². The van der Waals surface area contributed by atoms with Gasteiger partial charge >= 0.3 is 0 Å². The van der Waals surface area contributed by atoms with Crippen molar-refractivity contribution in [2.45, 2.75) is 13.0 Å². The van der Waals surface area contributed by atoms with E-state index in [1.807, 2.05) is 12.1 Å². The van der Waals surface area contributed by atoms with Gasteiger partial charge in [0.1, 0.15) is 0 Å². The van der Waals surface area contributed by atoms with Crippen LogP contribution in [0.3, 0.4) is 0 Å². The molecule has 3 N–H and O–H groups in total. The lowest BCUT2D eigenvalue weighted by Gasteiger charge is -2.08. The van der Waals surface area contributed by atoms with Gasteiger partial charge in [-0.2, -0.15) is 0 Å². The number of para-hydroxylation sites is 1. The van der Waals surface area contributed by atoms with E-state index >= 15 is 0 Å². The Bertz CT molecular complexity index is 326. The van der Waals surface area contributed by atoms with Gasteiger partial charge in [0.05, 0.1) is 6.61 Å². The molecule has 15 heavy (non-hydrogen) atoms. The molecule has 0 spiro atoms. The predicted octanol–water partition coefficient (Wildman–Crippen LogP) is 0.727. The number of amides is 1. The number of carbonyl (C=O) groups excluding carboxylic acids is 1. The monoisotopic (exact) mass is 208 g/mol. The standard InChI is InChI=1S/C11H16N2O2/c1-12-7-6-11(15)13-10-5-3-2-4-9(10)8-14/h2-5,12,14H,6-8H2,1H3,(H,13,15). The maximum Gasteiger partial charge on any atom is 0.225 e. The number of hydrogen-bond acceptors (Lipinski definition) is 3. The topological polar surface area (TPSA) is 61.4 Å². The average molecular weight is 208 g/mol. The quantitative estimate of drug-likeness (QED) is 0.668. The summed E-state index contributed by atoms with van der Waals surface area (Å²) in [5, 5.41) is 14.7. The van der Waals surface area contributed by atoms with Crippen LogP contribution in [0.25, 0.3) is 0 Å². The van der Waals surface area contributed by atoms with E-state index in [4.69, 9.17) is 5.11 Å². The molecule has 1 aromatic rings. The SMILES string of the molecule is CNCCC(=O)Nc1ccccc1CO. The van der Waals surface area contributed by atoms with Gasteiger partial charge in [0.25, 0.3) is 0 Å². The first kappa shape index (κ1) is 11.7. The lowest BCUT2D eigenvalue weighted by Crippen LogP contribution is -2.19. The highest BCUT2D eigenvalue weighted by Gasteiger charge is 2.04. The van der Waals surface area contributed by atoms with Crippen molar-refractivity contribution in [2.75, 3.05) is 18.9 Å². The van der Waals surface area contributed by atoms with Gasteiger partial charge in [-0.05, 0) is 13.1 Å². The second-order valence-electron chi connectivity index (χ2n) is 3.22. The Morgan fingerprint density at radius 3 is 2.80 bits per heavy atom. The number of carbonyl (C=O) groups is 1. The molecule has 0 aliphatic carbocycles. The second-order valence-corrected chi connectivity index (χ2v) is 3.22. The minimum atomic E-state index is -0.0670. The van der Waals surface area contributed by atoms with Crippen molar-refractivity contribution in [3.63, 3.8) is 0 Å². The predicted molar refractivity (Wildman–Crippen MR) is 59.5 cm³/mol. The molecule has 0 aliphatic rings. The molecule has 0 radical (unpaired) electrons. The summed E-state index contributed by atoms with van der Waals surface area (Å²) in [7, 11) is 1.80. The minimum Gasteiger partial charge on any atom is -0.392 e. The van der Waals surface area contributed by atoms with E-state index in [1.165, 1.54) is 0 Å². The molecule has 1 aromatic carbocycles. The Hall–Kier alpha value is -1.39. The van der Waals surface area contributed by atoms with Crippen LogP contribution >= 0.6 is 0 Å². The van der Waals surface area contributed by atoms with Crippen molar-refractivity contribution in [1.29, 1.82) is 0 Å². The zero-order chi connectivity index (χ0) is 11.1. The Morgan fingerprint density at radius 1 is 1.40 bits per heavy atom. The zero-order valence-corrected chi connectivity index (χ0v) is 8.79. The van der Waals surface area contributed by atoms with Gasteiger partial charge in [-0.3, -0.25) is 4.79 Å². The first-order chi connectivity index (χ1) is 7.27. The lowest BCUT2D eigenvalue weighted by molar-refractivity contribution is -0.116. The fraction of sp³-hybridized carbons (Fsp3) is 0.364. The molecule has 1 amide bonds. The first-order valence-electron chi connectivity index (χ1n) is 4.91. The number of aliphatic hydroxyl groups is 1. The van der Waals surface area contributed by atoms with E-state index < -0.39 is 0 Å². The Labute approximate surface area is 89.3 Å². The average Bonchev–Trinajstić information content (AvgIpc) is 2.27. The fourth-order valence-corrected chi connectivity index (χ4v) is 1.23. The largest absolute Gasteiger partial charge is 0.392 e. The van der Waals surface area contributed by atoms with Gasteiger partial charge in [-0.1, -0.05) is 18.2 Å². The van der Waals surface area contributed by atoms with Crippen molar-refractivity contribution < 1.29 is 9.90 Å². The third-order valence-corrected chi connectivity index (χ3v) is 2.06. The molecule has 4 nitrogen and oxygen atoms in total. The van der Waals surface area contributed by atoms with E-state index in [0.29, 0.717) is 18.7 Å². The summed E-state index contributed by atoms with van der Waals surface area (Å²) in [4.78, 5) is 11.4. The summed E-state index contributed by atoms with van der Waals surface area (Å²) in [6.45, 7) is 0.579. The Balaban J connectivity index is 2.59. The summed E-state index contributed by atoms with van der Waals surface area (Å²) in [5.74, 6) is -0.0507. The highest BCUT2D eigenvalue weighted by atomic mass is 16.3.